The summed E-state index contributed by atoms with van der Waals surface area (Å²) in [5.41, 5.74) is 0.380. The van der Waals surface area contributed by atoms with Crippen molar-refractivity contribution in [3.05, 3.63) is 52.9 Å². The summed E-state index contributed by atoms with van der Waals surface area (Å²) >= 11 is 0. The van der Waals surface area contributed by atoms with Gasteiger partial charge in [-0.2, -0.15) is 0 Å². The van der Waals surface area contributed by atoms with Crippen LogP contribution in [0.5, 0.6) is 17.2 Å². The highest BCUT2D eigenvalue weighted by atomic mass is 32.2. The van der Waals surface area contributed by atoms with E-state index in [9.17, 15) is 13.3 Å². The van der Waals surface area contributed by atoms with Crippen LogP contribution >= 0.6 is 0 Å². The molecule has 164 valence electrons. The zero-order valence-corrected chi connectivity index (χ0v) is 17.7. The highest BCUT2D eigenvalue weighted by molar-refractivity contribution is 7.89. The van der Waals surface area contributed by atoms with Gasteiger partial charge in [-0.25, -0.2) is 13.6 Å². The van der Waals surface area contributed by atoms with Crippen molar-refractivity contribution in [3.63, 3.8) is 0 Å². The number of nitrogens with zero attached hydrogens (tertiary/aromatic N) is 2. The second-order valence-electron chi connectivity index (χ2n) is 6.21. The largest absolute Gasteiger partial charge is 0.495 e. The van der Waals surface area contributed by atoms with E-state index in [1.54, 1.807) is 19.1 Å². The molecule has 0 radical (unpaired) electrons. The molecule has 0 spiro atoms. The van der Waals surface area contributed by atoms with Crippen LogP contribution in [0, 0.1) is 4.91 Å². The average molecular weight is 442 g/mol. The number of sulfonamides is 1. The van der Waals surface area contributed by atoms with Crippen molar-refractivity contribution >= 4 is 10.0 Å². The molecule has 30 heavy (non-hydrogen) atoms. The second-order valence-corrected chi connectivity index (χ2v) is 7.74. The molecule has 2 rings (SSSR count). The maximum absolute atomic E-state index is 11.9. The summed E-state index contributed by atoms with van der Waals surface area (Å²) in [4.78, 5) is 11.4. The van der Waals surface area contributed by atoms with E-state index in [-0.39, 0.29) is 35.2 Å². The number of para-hydroxylation sites is 2. The topological polar surface area (TPSA) is 121 Å². The number of nitrogens with two attached hydrogens (primary N) is 1. The molecule has 0 aliphatic rings. The Hall–Kier alpha value is -2.85. The number of benzene rings is 2. The number of rotatable bonds is 12. The first kappa shape index (κ1) is 18.0. The molecule has 0 unspecified atom stereocenters. The minimum atomic E-state index is -4.11. The molecule has 0 bridgehead atoms. The summed E-state index contributed by atoms with van der Waals surface area (Å²) in [5, 5.41) is 8.35. The summed E-state index contributed by atoms with van der Waals surface area (Å²) in [6, 6.07) is 9.29. The van der Waals surface area contributed by atoms with Gasteiger partial charge < -0.3 is 14.2 Å². The Morgan fingerprint density at radius 1 is 1.17 bits per heavy atom. The molecule has 2 aromatic carbocycles. The Morgan fingerprint density at radius 2 is 1.83 bits per heavy atom. The summed E-state index contributed by atoms with van der Waals surface area (Å²) in [6.45, 7) is -2.62. The average Bonchev–Trinajstić information content (AvgIpc) is 2.74. The molecule has 0 aromatic heterocycles. The summed E-state index contributed by atoms with van der Waals surface area (Å²) in [5.74, 6) is 0.180. The lowest BCUT2D eigenvalue weighted by Gasteiger charge is -2.23. The Morgan fingerprint density at radius 3 is 2.40 bits per heavy atom. The van der Waals surface area contributed by atoms with Gasteiger partial charge in [0.2, 0.25) is 10.0 Å². The second kappa shape index (κ2) is 10.8. The first-order valence-electron chi connectivity index (χ1n) is 11.0. The number of methoxy groups -OCH3 is 1. The number of nitroso groups, excluding NO2 is 1. The molecule has 0 saturated heterocycles. The van der Waals surface area contributed by atoms with Gasteiger partial charge in [0, 0.05) is 0 Å². The van der Waals surface area contributed by atoms with Crippen molar-refractivity contribution in [3.8, 4) is 17.2 Å². The standard InChI is InChI=1S/C20H27N3O6S/c1-4-28-17-7-5-6-8-18(17)29-12-11-23(22-24)15(2)13-16-9-10-19(27-3)20(14-16)30(21,25)26/h5-10,14-15H,4,11-13H2,1-3H3,(H2,21,25,26)/t15-/m1/s1/i11D2,12D2. The van der Waals surface area contributed by atoms with Gasteiger partial charge in [0.05, 0.1) is 37.0 Å². The van der Waals surface area contributed by atoms with Gasteiger partial charge in [-0.1, -0.05) is 18.2 Å². The van der Waals surface area contributed by atoms with Crippen LogP contribution < -0.4 is 19.3 Å². The SMILES string of the molecule is [2H]C([2H])(Oc1ccccc1OCC)C([2H])([2H])N(N=O)[C@H](C)Cc1ccc(OC)c(S(N)(=O)=O)c1. The van der Waals surface area contributed by atoms with Crippen molar-refractivity contribution in [2.45, 2.75) is 31.2 Å². The van der Waals surface area contributed by atoms with Crippen LogP contribution in [0.15, 0.2) is 52.6 Å². The molecule has 1 atom stereocenters. The summed E-state index contributed by atoms with van der Waals surface area (Å²) in [7, 11) is -2.83. The fourth-order valence-electron chi connectivity index (χ4n) is 2.64. The zero-order chi connectivity index (χ0) is 25.7. The van der Waals surface area contributed by atoms with Gasteiger partial charge >= 0.3 is 0 Å². The van der Waals surface area contributed by atoms with Crippen LogP contribution in [-0.2, 0) is 16.4 Å². The normalized spacial score (nSPS) is 15.1. The lowest BCUT2D eigenvalue weighted by atomic mass is 10.1. The van der Waals surface area contributed by atoms with E-state index in [2.05, 4.69) is 5.29 Å². The maximum atomic E-state index is 11.9. The molecular weight excluding hydrogens is 410 g/mol. The molecule has 0 saturated carbocycles. The van der Waals surface area contributed by atoms with Gasteiger partial charge in [-0.15, -0.1) is 4.91 Å². The van der Waals surface area contributed by atoms with E-state index in [1.165, 1.54) is 44.4 Å². The lowest BCUT2D eigenvalue weighted by molar-refractivity contribution is 0.167. The molecule has 0 heterocycles. The first-order chi connectivity index (χ1) is 15.8. The van der Waals surface area contributed by atoms with E-state index in [0.29, 0.717) is 10.6 Å². The van der Waals surface area contributed by atoms with Crippen LogP contribution in [0.2, 0.25) is 0 Å². The van der Waals surface area contributed by atoms with E-state index < -0.39 is 29.1 Å². The molecule has 2 N–H and O–H groups in total. The molecule has 0 fully saturated rings. The fourth-order valence-corrected chi connectivity index (χ4v) is 3.39. The van der Waals surface area contributed by atoms with Crippen molar-refractivity contribution in [1.82, 2.24) is 5.01 Å². The summed E-state index contributed by atoms with van der Waals surface area (Å²) in [6.07, 6.45) is -0.0661. The molecule has 0 aliphatic carbocycles. The van der Waals surface area contributed by atoms with Gasteiger partial charge in [-0.05, 0) is 50.1 Å². The number of primary sulfonamides is 1. The molecular formula is C20H27N3O6S. The van der Waals surface area contributed by atoms with Crippen molar-refractivity contribution in [2.24, 2.45) is 10.4 Å². The van der Waals surface area contributed by atoms with Crippen molar-refractivity contribution in [2.75, 3.05) is 26.8 Å². The predicted molar refractivity (Wildman–Crippen MR) is 113 cm³/mol. The quantitative estimate of drug-likeness (QED) is 0.397. The van der Waals surface area contributed by atoms with Gasteiger partial charge in [0.1, 0.15) is 17.2 Å². The van der Waals surface area contributed by atoms with Crippen LogP contribution in [0.1, 0.15) is 24.9 Å². The highest BCUT2D eigenvalue weighted by Gasteiger charge is 2.19. The van der Waals surface area contributed by atoms with Gasteiger partial charge in [-0.3, -0.25) is 5.01 Å². The molecule has 0 amide bonds. The summed E-state index contributed by atoms with van der Waals surface area (Å²) < 4.78 is 72.6. The molecule has 9 nitrogen and oxygen atoms in total. The minimum absolute atomic E-state index is 0.0253. The van der Waals surface area contributed by atoms with Crippen molar-refractivity contribution in [1.29, 1.82) is 0 Å². The molecule has 0 aliphatic heterocycles. The van der Waals surface area contributed by atoms with Crippen LogP contribution in [0.3, 0.4) is 0 Å². The van der Waals surface area contributed by atoms with Crippen molar-refractivity contribution < 1.29 is 28.1 Å². The molecule has 2 aromatic rings. The van der Waals surface area contributed by atoms with Gasteiger partial charge in [0.25, 0.3) is 0 Å². The predicted octanol–water partition coefficient (Wildman–Crippen LogP) is 2.73. The van der Waals surface area contributed by atoms with Crippen LogP contribution in [0.4, 0.5) is 0 Å². The Bertz CT molecular complexity index is 1120. The third kappa shape index (κ3) is 6.33. The van der Waals surface area contributed by atoms with E-state index in [0.717, 1.165) is 0 Å². The maximum Gasteiger partial charge on any atom is 0.241 e. The molecule has 10 heteroatoms. The third-order valence-electron chi connectivity index (χ3n) is 4.04. The monoisotopic (exact) mass is 441 g/mol. The van der Waals surface area contributed by atoms with E-state index in [4.69, 9.17) is 24.8 Å². The van der Waals surface area contributed by atoms with Crippen LogP contribution in [0.25, 0.3) is 0 Å². The van der Waals surface area contributed by atoms with E-state index >= 15 is 0 Å². The Labute approximate surface area is 182 Å². The fraction of sp³-hybridized carbons (Fsp3) is 0.400. The smallest absolute Gasteiger partial charge is 0.241 e. The highest BCUT2D eigenvalue weighted by Crippen LogP contribution is 2.27. The van der Waals surface area contributed by atoms with Crippen LogP contribution in [-0.4, -0.2) is 46.2 Å². The zero-order valence-electron chi connectivity index (χ0n) is 20.9. The van der Waals surface area contributed by atoms with E-state index in [1.807, 2.05) is 0 Å². The Kier molecular flexibility index (Phi) is 6.46. The third-order valence-corrected chi connectivity index (χ3v) is 4.97. The Balaban J connectivity index is 2.33. The first-order valence-corrected chi connectivity index (χ1v) is 10.6. The van der Waals surface area contributed by atoms with Gasteiger partial charge in [0.15, 0.2) is 11.5 Å². The lowest BCUT2D eigenvalue weighted by Crippen LogP contribution is -2.33. The number of ether oxygens (including phenoxy) is 3. The minimum Gasteiger partial charge on any atom is -0.495 e. The number of hydrogen-bond donors (Lipinski definition) is 1. The number of hydrogen-bond acceptors (Lipinski definition) is 7.